The van der Waals surface area contributed by atoms with Gasteiger partial charge in [-0.2, -0.15) is 0 Å². The maximum absolute atomic E-state index is 5.55. The molecule has 0 saturated heterocycles. The molecule has 1 aromatic carbocycles. The van der Waals surface area contributed by atoms with Crippen molar-refractivity contribution in [3.63, 3.8) is 0 Å². The van der Waals surface area contributed by atoms with Crippen molar-refractivity contribution in [2.24, 2.45) is 0 Å². The molecule has 0 aliphatic carbocycles. The number of ether oxygens (including phenoxy) is 1. The van der Waals surface area contributed by atoms with E-state index >= 15 is 0 Å². The Labute approximate surface area is 136 Å². The van der Waals surface area contributed by atoms with Crippen molar-refractivity contribution in [1.29, 1.82) is 0 Å². The highest BCUT2D eigenvalue weighted by molar-refractivity contribution is 7.80. The molecular weight excluding hydrogens is 298 g/mol. The summed E-state index contributed by atoms with van der Waals surface area (Å²) >= 11 is 5.31. The van der Waals surface area contributed by atoms with E-state index in [1.165, 1.54) is 0 Å². The summed E-state index contributed by atoms with van der Waals surface area (Å²) in [5.41, 5.74) is 0.713. The number of nitrogens with zero attached hydrogens (tertiary/aromatic N) is 1. The van der Waals surface area contributed by atoms with Crippen molar-refractivity contribution in [2.45, 2.75) is 33.1 Å². The second-order valence-corrected chi connectivity index (χ2v) is 6.24. The molecule has 1 aromatic heterocycles. The molecule has 0 atom stereocenters. The highest BCUT2D eigenvalue weighted by Gasteiger charge is 2.20. The number of anilines is 2. The zero-order valence-corrected chi connectivity index (χ0v) is 14.1. The summed E-state index contributed by atoms with van der Waals surface area (Å²) in [4.78, 5) is 0. The lowest BCUT2D eigenvalue weighted by molar-refractivity contribution is 0.331. The van der Waals surface area contributed by atoms with Crippen molar-refractivity contribution in [3.05, 3.63) is 36.1 Å². The molecule has 5 nitrogen and oxygen atoms in total. The molecular formula is C16H21N3O2S. The summed E-state index contributed by atoms with van der Waals surface area (Å²) in [7, 11) is 0. The average Bonchev–Trinajstić information content (AvgIpc) is 2.89. The van der Waals surface area contributed by atoms with Crippen LogP contribution in [-0.2, 0) is 5.41 Å². The van der Waals surface area contributed by atoms with E-state index in [2.05, 4.69) is 36.6 Å². The Balaban J connectivity index is 2.03. The van der Waals surface area contributed by atoms with Crippen LogP contribution in [0.4, 0.5) is 11.5 Å². The fourth-order valence-corrected chi connectivity index (χ4v) is 2.02. The number of para-hydroxylation sites is 2. The van der Waals surface area contributed by atoms with Gasteiger partial charge < -0.3 is 19.9 Å². The van der Waals surface area contributed by atoms with Gasteiger partial charge in [0.05, 0.1) is 12.3 Å². The molecule has 2 rings (SSSR count). The van der Waals surface area contributed by atoms with Crippen LogP contribution in [0, 0.1) is 0 Å². The van der Waals surface area contributed by atoms with E-state index in [9.17, 15) is 0 Å². The lowest BCUT2D eigenvalue weighted by Crippen LogP contribution is -2.19. The van der Waals surface area contributed by atoms with Crippen molar-refractivity contribution in [3.8, 4) is 5.75 Å². The summed E-state index contributed by atoms with van der Waals surface area (Å²) in [6.45, 7) is 8.72. The monoisotopic (exact) mass is 319 g/mol. The number of aromatic nitrogens is 1. The van der Waals surface area contributed by atoms with Crippen LogP contribution in [0.2, 0.25) is 0 Å². The van der Waals surface area contributed by atoms with Crippen molar-refractivity contribution in [1.82, 2.24) is 5.16 Å². The van der Waals surface area contributed by atoms with Gasteiger partial charge >= 0.3 is 0 Å². The first-order valence-electron chi connectivity index (χ1n) is 7.17. The molecule has 0 spiro atoms. The highest BCUT2D eigenvalue weighted by Crippen LogP contribution is 2.26. The molecule has 2 N–H and O–H groups in total. The fraction of sp³-hybridized carbons (Fsp3) is 0.375. The van der Waals surface area contributed by atoms with E-state index in [1.807, 2.05) is 37.3 Å². The third kappa shape index (κ3) is 4.21. The van der Waals surface area contributed by atoms with Crippen LogP contribution in [0.3, 0.4) is 0 Å². The Morgan fingerprint density at radius 3 is 2.64 bits per heavy atom. The zero-order chi connectivity index (χ0) is 16.2. The van der Waals surface area contributed by atoms with Gasteiger partial charge in [-0.25, -0.2) is 0 Å². The SMILES string of the molecule is CCOc1ccccc1NC(=S)Nc1cc(C(C)(C)C)on1. The Hall–Kier alpha value is -2.08. The summed E-state index contributed by atoms with van der Waals surface area (Å²) in [5.74, 6) is 2.13. The third-order valence-electron chi connectivity index (χ3n) is 2.93. The van der Waals surface area contributed by atoms with Crippen LogP contribution in [0.1, 0.15) is 33.5 Å². The minimum Gasteiger partial charge on any atom is -0.492 e. The molecule has 118 valence electrons. The summed E-state index contributed by atoms with van der Waals surface area (Å²) in [6.07, 6.45) is 0. The minimum atomic E-state index is -0.0937. The van der Waals surface area contributed by atoms with E-state index in [-0.39, 0.29) is 5.41 Å². The zero-order valence-electron chi connectivity index (χ0n) is 13.3. The van der Waals surface area contributed by atoms with Crippen LogP contribution < -0.4 is 15.4 Å². The van der Waals surface area contributed by atoms with Gasteiger partial charge in [-0.05, 0) is 31.3 Å². The van der Waals surface area contributed by atoms with Crippen LogP contribution >= 0.6 is 12.2 Å². The number of rotatable bonds is 4. The van der Waals surface area contributed by atoms with Crippen LogP contribution in [-0.4, -0.2) is 16.9 Å². The summed E-state index contributed by atoms with van der Waals surface area (Å²) in [6, 6.07) is 9.48. The number of thiocarbonyl (C=S) groups is 1. The lowest BCUT2D eigenvalue weighted by atomic mass is 9.93. The summed E-state index contributed by atoms with van der Waals surface area (Å²) < 4.78 is 10.9. The fourth-order valence-electron chi connectivity index (χ4n) is 1.81. The Morgan fingerprint density at radius 1 is 1.27 bits per heavy atom. The van der Waals surface area contributed by atoms with Crippen LogP contribution in [0.5, 0.6) is 5.75 Å². The average molecular weight is 319 g/mol. The predicted molar refractivity (Wildman–Crippen MR) is 92.7 cm³/mol. The molecule has 6 heteroatoms. The second-order valence-electron chi connectivity index (χ2n) is 5.83. The standard InChI is InChI=1S/C16H21N3O2S/c1-5-20-12-9-7-6-8-11(12)17-15(22)18-14-10-13(21-19-14)16(2,3)4/h6-10H,5H2,1-4H3,(H2,17,18,19,22). The highest BCUT2D eigenvalue weighted by atomic mass is 32.1. The molecule has 0 aliphatic rings. The minimum absolute atomic E-state index is 0.0937. The van der Waals surface area contributed by atoms with Crippen molar-refractivity contribution in [2.75, 3.05) is 17.2 Å². The number of hydrogen-bond acceptors (Lipinski definition) is 4. The maximum Gasteiger partial charge on any atom is 0.176 e. The van der Waals surface area contributed by atoms with Crippen LogP contribution in [0.15, 0.2) is 34.9 Å². The molecule has 0 saturated carbocycles. The maximum atomic E-state index is 5.55. The Kier molecular flexibility index (Phi) is 5.03. The number of hydrogen-bond donors (Lipinski definition) is 2. The van der Waals surface area contributed by atoms with E-state index in [4.69, 9.17) is 21.5 Å². The number of benzene rings is 1. The molecule has 0 radical (unpaired) electrons. The first-order chi connectivity index (χ1) is 10.4. The topological polar surface area (TPSA) is 59.3 Å². The number of nitrogens with one attached hydrogen (secondary N) is 2. The molecule has 0 aliphatic heterocycles. The van der Waals surface area contributed by atoms with Crippen molar-refractivity contribution < 1.29 is 9.26 Å². The quantitative estimate of drug-likeness (QED) is 0.825. The normalized spacial score (nSPS) is 11.1. The van der Waals surface area contributed by atoms with Gasteiger partial charge in [0.1, 0.15) is 11.5 Å². The van der Waals surface area contributed by atoms with E-state index in [0.29, 0.717) is 17.5 Å². The third-order valence-corrected chi connectivity index (χ3v) is 3.13. The van der Waals surface area contributed by atoms with Gasteiger partial charge in [-0.3, -0.25) is 0 Å². The molecule has 22 heavy (non-hydrogen) atoms. The Bertz CT molecular complexity index is 647. The molecule has 0 unspecified atom stereocenters. The van der Waals surface area contributed by atoms with Gasteiger partial charge in [0.15, 0.2) is 10.9 Å². The predicted octanol–water partition coefficient (Wildman–Crippen LogP) is 4.18. The Morgan fingerprint density at radius 2 is 2.00 bits per heavy atom. The van der Waals surface area contributed by atoms with Gasteiger partial charge in [0.2, 0.25) is 0 Å². The van der Waals surface area contributed by atoms with Crippen molar-refractivity contribution >= 4 is 28.8 Å². The van der Waals surface area contributed by atoms with E-state index < -0.39 is 0 Å². The first kappa shape index (κ1) is 16.3. The second kappa shape index (κ2) is 6.79. The van der Waals surface area contributed by atoms with E-state index in [0.717, 1.165) is 17.2 Å². The largest absolute Gasteiger partial charge is 0.492 e. The molecule has 0 fully saturated rings. The van der Waals surface area contributed by atoms with Gasteiger partial charge in [-0.1, -0.05) is 38.1 Å². The first-order valence-corrected chi connectivity index (χ1v) is 7.58. The summed E-state index contributed by atoms with van der Waals surface area (Å²) in [5, 5.41) is 10.5. The lowest BCUT2D eigenvalue weighted by Gasteiger charge is -2.13. The van der Waals surface area contributed by atoms with E-state index in [1.54, 1.807) is 0 Å². The molecule has 1 heterocycles. The molecule has 0 bridgehead atoms. The van der Waals surface area contributed by atoms with Gasteiger partial charge in [0, 0.05) is 11.5 Å². The van der Waals surface area contributed by atoms with Crippen LogP contribution in [0.25, 0.3) is 0 Å². The molecule has 0 amide bonds. The smallest absolute Gasteiger partial charge is 0.176 e. The van der Waals surface area contributed by atoms with Gasteiger partial charge in [-0.15, -0.1) is 0 Å². The molecule has 2 aromatic rings. The van der Waals surface area contributed by atoms with Gasteiger partial charge in [0.25, 0.3) is 0 Å².